The third-order valence-corrected chi connectivity index (χ3v) is 5.99. The smallest absolute Gasteiger partial charge is 0.224 e. The summed E-state index contributed by atoms with van der Waals surface area (Å²) in [7, 11) is 1.62. The minimum atomic E-state index is -0.229. The van der Waals surface area contributed by atoms with Gasteiger partial charge in [-0.25, -0.2) is 9.97 Å². The fraction of sp³-hybridized carbons (Fsp3) is 0.423. The summed E-state index contributed by atoms with van der Waals surface area (Å²) in [6, 6.07) is 11.9. The van der Waals surface area contributed by atoms with E-state index >= 15 is 0 Å². The van der Waals surface area contributed by atoms with Gasteiger partial charge in [0.1, 0.15) is 5.82 Å². The molecule has 0 unspecified atom stereocenters. The van der Waals surface area contributed by atoms with Crippen molar-refractivity contribution in [2.24, 2.45) is 0 Å². The van der Waals surface area contributed by atoms with Crippen LogP contribution < -0.4 is 4.74 Å². The predicted molar refractivity (Wildman–Crippen MR) is 124 cm³/mol. The lowest BCUT2D eigenvalue weighted by Gasteiger charge is -2.45. The zero-order valence-corrected chi connectivity index (χ0v) is 19.6. The third-order valence-electron chi connectivity index (χ3n) is 5.99. The van der Waals surface area contributed by atoms with Gasteiger partial charge in [-0.2, -0.15) is 5.26 Å². The number of rotatable bonds is 4. The number of aromatic nitrogens is 3. The lowest BCUT2D eigenvalue weighted by atomic mass is 9.79. The molecule has 1 fully saturated rings. The molecule has 6 heteroatoms. The summed E-state index contributed by atoms with van der Waals surface area (Å²) in [4.78, 5) is 9.50. The molecule has 0 aliphatic carbocycles. The summed E-state index contributed by atoms with van der Waals surface area (Å²) in [5, 5.41) is 9.35. The van der Waals surface area contributed by atoms with Crippen molar-refractivity contribution in [1.82, 2.24) is 14.5 Å². The molecule has 1 aliphatic rings. The number of ether oxygens (including phenoxy) is 2. The second kappa shape index (κ2) is 8.07. The van der Waals surface area contributed by atoms with Crippen LogP contribution in [0.25, 0.3) is 17.1 Å². The van der Waals surface area contributed by atoms with E-state index in [1.54, 1.807) is 13.3 Å². The van der Waals surface area contributed by atoms with Crippen LogP contribution in [0.1, 0.15) is 63.3 Å². The lowest BCUT2D eigenvalue weighted by molar-refractivity contribution is -0.162. The fourth-order valence-corrected chi connectivity index (χ4v) is 4.93. The van der Waals surface area contributed by atoms with Gasteiger partial charge < -0.3 is 9.47 Å². The Morgan fingerprint density at radius 2 is 1.88 bits per heavy atom. The second-order valence-electron chi connectivity index (χ2n) is 9.76. The van der Waals surface area contributed by atoms with Gasteiger partial charge in [0.15, 0.2) is 0 Å². The van der Waals surface area contributed by atoms with Gasteiger partial charge in [-0.3, -0.25) is 4.57 Å². The highest BCUT2D eigenvalue weighted by Crippen LogP contribution is 2.44. The van der Waals surface area contributed by atoms with Gasteiger partial charge in [0.25, 0.3) is 0 Å². The molecule has 1 aromatic carbocycles. The Balaban J connectivity index is 1.88. The molecule has 3 heterocycles. The van der Waals surface area contributed by atoms with Crippen LogP contribution in [0.4, 0.5) is 0 Å². The molecular weight excluding hydrogens is 400 g/mol. The molecule has 6 nitrogen and oxygen atoms in total. The first-order chi connectivity index (χ1) is 15.1. The van der Waals surface area contributed by atoms with Crippen molar-refractivity contribution >= 4 is 0 Å². The van der Waals surface area contributed by atoms with Crippen molar-refractivity contribution in [2.75, 3.05) is 7.11 Å². The first-order valence-electron chi connectivity index (χ1n) is 10.9. The number of hydrogen-bond donors (Lipinski definition) is 0. The molecule has 0 atom stereocenters. The number of aryl methyl sites for hydroxylation is 1. The van der Waals surface area contributed by atoms with E-state index in [2.05, 4.69) is 49.5 Å². The van der Waals surface area contributed by atoms with Gasteiger partial charge >= 0.3 is 0 Å². The first-order valence-corrected chi connectivity index (χ1v) is 10.9. The molecule has 0 N–H and O–H groups in total. The van der Waals surface area contributed by atoms with Crippen molar-refractivity contribution in [2.45, 2.75) is 64.6 Å². The van der Waals surface area contributed by atoms with Gasteiger partial charge in [0, 0.05) is 24.0 Å². The fourth-order valence-electron chi connectivity index (χ4n) is 4.93. The molecule has 4 rings (SSSR count). The van der Waals surface area contributed by atoms with Crippen LogP contribution in [0, 0.1) is 18.3 Å². The highest BCUT2D eigenvalue weighted by Gasteiger charge is 2.41. The lowest BCUT2D eigenvalue weighted by Crippen LogP contribution is -2.44. The Morgan fingerprint density at radius 3 is 2.50 bits per heavy atom. The van der Waals surface area contributed by atoms with Gasteiger partial charge in [0.2, 0.25) is 5.88 Å². The number of benzene rings is 1. The summed E-state index contributed by atoms with van der Waals surface area (Å²) < 4.78 is 13.9. The summed E-state index contributed by atoms with van der Waals surface area (Å²) in [6.07, 6.45) is 5.61. The van der Waals surface area contributed by atoms with Gasteiger partial charge in [-0.05, 0) is 83.4 Å². The zero-order valence-electron chi connectivity index (χ0n) is 19.6. The number of hydrogen-bond acceptors (Lipinski definition) is 5. The molecule has 2 aromatic heterocycles. The topological polar surface area (TPSA) is 73.0 Å². The van der Waals surface area contributed by atoms with Crippen LogP contribution >= 0.6 is 0 Å². The highest BCUT2D eigenvalue weighted by atomic mass is 16.5. The molecule has 0 spiro atoms. The van der Waals surface area contributed by atoms with E-state index < -0.39 is 0 Å². The maximum Gasteiger partial charge on any atom is 0.224 e. The van der Waals surface area contributed by atoms with Gasteiger partial charge in [-0.15, -0.1) is 0 Å². The molecule has 1 saturated heterocycles. The number of methoxy groups -OCH3 is 1. The molecule has 0 bridgehead atoms. The number of nitriles is 1. The van der Waals surface area contributed by atoms with E-state index in [4.69, 9.17) is 14.5 Å². The van der Waals surface area contributed by atoms with E-state index in [-0.39, 0.29) is 17.1 Å². The van der Waals surface area contributed by atoms with Gasteiger partial charge in [-0.1, -0.05) is 0 Å². The van der Waals surface area contributed by atoms with Crippen LogP contribution in [0.15, 0.2) is 42.7 Å². The molecule has 1 aliphatic heterocycles. The van der Waals surface area contributed by atoms with Crippen LogP contribution in [0.2, 0.25) is 0 Å². The molecular formula is C26H30N4O2. The minimum Gasteiger partial charge on any atom is -0.480 e. The standard InChI is InChI=1S/C26H30N4O2/c1-17-12-20(10-9-18(17)15-27)30-16-22(19-13-25(2,3)32-26(4,5)14-19)29-23(30)21-8-7-11-28-24(21)31-6/h7-12,16,19H,13-14H2,1-6H3. The average Bonchev–Trinajstić information content (AvgIpc) is 3.17. The Bertz CT molecular complexity index is 1170. The van der Waals surface area contributed by atoms with Crippen LogP contribution in [-0.4, -0.2) is 32.8 Å². The Hall–Kier alpha value is -3.17. The normalized spacial score (nSPS) is 17.7. The van der Waals surface area contributed by atoms with Crippen LogP contribution in [0.3, 0.4) is 0 Å². The second-order valence-corrected chi connectivity index (χ2v) is 9.76. The molecule has 166 valence electrons. The number of pyridine rings is 1. The van der Waals surface area contributed by atoms with Crippen molar-refractivity contribution in [3.63, 3.8) is 0 Å². The van der Waals surface area contributed by atoms with Crippen LogP contribution in [-0.2, 0) is 4.74 Å². The number of imidazole rings is 1. The van der Waals surface area contributed by atoms with E-state index in [1.165, 1.54) is 0 Å². The maximum absolute atomic E-state index is 9.35. The van der Waals surface area contributed by atoms with E-state index in [1.807, 2.05) is 37.3 Å². The number of nitrogens with zero attached hydrogens (tertiary/aromatic N) is 4. The van der Waals surface area contributed by atoms with Crippen molar-refractivity contribution in [3.05, 3.63) is 59.5 Å². The van der Waals surface area contributed by atoms with E-state index in [0.717, 1.165) is 41.2 Å². The van der Waals surface area contributed by atoms with Gasteiger partial charge in [0.05, 0.1) is 41.2 Å². The van der Waals surface area contributed by atoms with Crippen molar-refractivity contribution in [1.29, 1.82) is 5.26 Å². The summed E-state index contributed by atoms with van der Waals surface area (Å²) in [6.45, 7) is 10.5. The first kappa shape index (κ1) is 22.0. The SMILES string of the molecule is COc1ncccc1-c1nc(C2CC(C)(C)OC(C)(C)C2)cn1-c1ccc(C#N)c(C)c1. The predicted octanol–water partition coefficient (Wildman–Crippen LogP) is 5.57. The zero-order chi connectivity index (χ0) is 23.1. The molecule has 32 heavy (non-hydrogen) atoms. The summed E-state index contributed by atoms with van der Waals surface area (Å²) in [5.41, 5.74) is 3.94. The Kier molecular flexibility index (Phi) is 5.56. The molecule has 0 saturated carbocycles. The molecule has 0 radical (unpaired) electrons. The van der Waals surface area contributed by atoms with Crippen LogP contribution in [0.5, 0.6) is 5.88 Å². The van der Waals surface area contributed by atoms with E-state index in [0.29, 0.717) is 11.4 Å². The largest absolute Gasteiger partial charge is 0.480 e. The minimum absolute atomic E-state index is 0.229. The monoisotopic (exact) mass is 430 g/mol. The average molecular weight is 431 g/mol. The maximum atomic E-state index is 9.35. The summed E-state index contributed by atoms with van der Waals surface area (Å²) in [5.74, 6) is 1.57. The highest BCUT2D eigenvalue weighted by molar-refractivity contribution is 5.65. The Labute approximate surface area is 189 Å². The Morgan fingerprint density at radius 1 is 1.16 bits per heavy atom. The quantitative estimate of drug-likeness (QED) is 0.541. The van der Waals surface area contributed by atoms with Crippen molar-refractivity contribution in [3.8, 4) is 29.0 Å². The summed E-state index contributed by atoms with van der Waals surface area (Å²) >= 11 is 0. The van der Waals surface area contributed by atoms with Crippen molar-refractivity contribution < 1.29 is 9.47 Å². The van der Waals surface area contributed by atoms with E-state index in [9.17, 15) is 5.26 Å². The molecule has 0 amide bonds. The third kappa shape index (κ3) is 4.26. The molecule has 3 aromatic rings.